The van der Waals surface area contributed by atoms with Crippen LogP contribution in [-0.4, -0.2) is 66.7 Å². The minimum atomic E-state index is -0.722. The van der Waals surface area contributed by atoms with Gasteiger partial charge in [-0.2, -0.15) is 0 Å². The van der Waals surface area contributed by atoms with E-state index in [-0.39, 0.29) is 30.0 Å². The van der Waals surface area contributed by atoms with E-state index in [1.54, 1.807) is 48.9 Å². The van der Waals surface area contributed by atoms with Crippen molar-refractivity contribution in [3.05, 3.63) is 60.5 Å². The number of para-hydroxylation sites is 1. The molecule has 2 aromatic heterocycles. The van der Waals surface area contributed by atoms with Gasteiger partial charge >= 0.3 is 12.1 Å². The first-order valence-corrected chi connectivity index (χ1v) is 10.6. The molecule has 11 heteroatoms. The average molecular weight is 466 g/mol. The second kappa shape index (κ2) is 9.49. The van der Waals surface area contributed by atoms with Crippen LogP contribution in [0.25, 0.3) is 11.5 Å². The van der Waals surface area contributed by atoms with Crippen LogP contribution in [0.15, 0.2) is 59.3 Å². The maximum Gasteiger partial charge on any atom is 0.412 e. The smallest absolute Gasteiger partial charge is 0.412 e. The van der Waals surface area contributed by atoms with Gasteiger partial charge in [-0.3, -0.25) is 5.32 Å². The minimum Gasteiger partial charge on any atom is -0.465 e. The molecule has 2 fully saturated rings. The van der Waals surface area contributed by atoms with E-state index < -0.39 is 24.3 Å². The third kappa shape index (κ3) is 4.43. The molecule has 4 heterocycles. The number of fused-ring (bicyclic) bond motifs is 1. The summed E-state index contributed by atoms with van der Waals surface area (Å²) in [6.07, 6.45) is 1.08. The van der Waals surface area contributed by atoms with Gasteiger partial charge in [-0.25, -0.2) is 19.6 Å². The van der Waals surface area contributed by atoms with Crippen LogP contribution in [-0.2, 0) is 18.9 Å². The molecule has 0 radical (unpaired) electrons. The van der Waals surface area contributed by atoms with Crippen LogP contribution in [0, 0.1) is 0 Å². The molecule has 34 heavy (non-hydrogen) atoms. The van der Waals surface area contributed by atoms with E-state index in [2.05, 4.69) is 20.6 Å². The molecular weight excluding hydrogens is 444 g/mol. The van der Waals surface area contributed by atoms with Crippen molar-refractivity contribution in [1.29, 1.82) is 0 Å². The molecule has 2 saturated heterocycles. The zero-order chi connectivity index (χ0) is 23.5. The summed E-state index contributed by atoms with van der Waals surface area (Å²) in [6.45, 7) is 0.503. The molecule has 0 saturated carbocycles. The molecule has 4 atom stereocenters. The van der Waals surface area contributed by atoms with Gasteiger partial charge in [0, 0.05) is 6.20 Å². The Balaban J connectivity index is 1.20. The highest BCUT2D eigenvalue weighted by Gasteiger charge is 2.49. The molecular formula is C23H22N4O7. The molecule has 11 nitrogen and oxygen atoms in total. The van der Waals surface area contributed by atoms with E-state index in [4.69, 9.17) is 23.4 Å². The number of amides is 1. The number of rotatable bonds is 6. The molecule has 5 rings (SSSR count). The van der Waals surface area contributed by atoms with Crippen LogP contribution < -0.4 is 10.6 Å². The zero-order valence-electron chi connectivity index (χ0n) is 18.2. The monoisotopic (exact) mass is 466 g/mol. The number of aromatic nitrogens is 2. The fraction of sp³-hybridized carbons (Fsp3) is 0.304. The Morgan fingerprint density at radius 2 is 1.91 bits per heavy atom. The second-order valence-electron chi connectivity index (χ2n) is 7.70. The van der Waals surface area contributed by atoms with Crippen LogP contribution in [0.3, 0.4) is 0 Å². The number of benzene rings is 1. The molecule has 0 aliphatic carbocycles. The zero-order valence-corrected chi connectivity index (χ0v) is 18.2. The van der Waals surface area contributed by atoms with E-state index >= 15 is 0 Å². The molecule has 0 bridgehead atoms. The first-order chi connectivity index (χ1) is 16.6. The summed E-state index contributed by atoms with van der Waals surface area (Å²) < 4.78 is 27.4. The number of ether oxygens (including phenoxy) is 4. The summed E-state index contributed by atoms with van der Waals surface area (Å²) >= 11 is 0. The van der Waals surface area contributed by atoms with Gasteiger partial charge in [-0.05, 0) is 30.3 Å². The van der Waals surface area contributed by atoms with Gasteiger partial charge in [-0.1, -0.05) is 12.1 Å². The molecule has 2 aliphatic heterocycles. The van der Waals surface area contributed by atoms with Crippen molar-refractivity contribution in [1.82, 2.24) is 9.97 Å². The molecule has 0 unspecified atom stereocenters. The lowest BCUT2D eigenvalue weighted by atomic mass is 10.1. The summed E-state index contributed by atoms with van der Waals surface area (Å²) in [7, 11) is 1.27. The maximum absolute atomic E-state index is 12.5. The first-order valence-electron chi connectivity index (χ1n) is 10.6. The number of anilines is 2. The molecule has 3 aromatic rings. The first kappa shape index (κ1) is 21.9. The standard InChI is InChI=1S/C23H22N4O7/c1-30-21(28)13-5-2-3-6-14(13)27-23(29)34-18-12-33-19-16(11-32-20(18)19)26-22-24-9-8-15(25-22)17-7-4-10-31-17/h2-10,16,18-20H,11-12H2,1H3,(H,27,29)(H,24,25,26)/t16-,18-,19-,20+/m0/s1. The highest BCUT2D eigenvalue weighted by atomic mass is 16.6. The normalized spacial score (nSPS) is 23.2. The van der Waals surface area contributed by atoms with Gasteiger partial charge in [0.15, 0.2) is 11.9 Å². The van der Waals surface area contributed by atoms with E-state index in [0.29, 0.717) is 24.0 Å². The van der Waals surface area contributed by atoms with E-state index in [1.807, 2.05) is 6.07 Å². The van der Waals surface area contributed by atoms with E-state index in [1.165, 1.54) is 7.11 Å². The Morgan fingerprint density at radius 1 is 1.06 bits per heavy atom. The molecule has 0 spiro atoms. The average Bonchev–Trinajstić information content (AvgIpc) is 3.60. The molecule has 1 amide bonds. The van der Waals surface area contributed by atoms with Crippen molar-refractivity contribution < 1.29 is 33.0 Å². The van der Waals surface area contributed by atoms with Crippen molar-refractivity contribution in [3.8, 4) is 11.5 Å². The minimum absolute atomic E-state index is 0.173. The second-order valence-corrected chi connectivity index (χ2v) is 7.70. The number of carbonyl (C=O) groups is 2. The third-order valence-corrected chi connectivity index (χ3v) is 5.58. The van der Waals surface area contributed by atoms with Gasteiger partial charge in [0.1, 0.15) is 17.9 Å². The summed E-state index contributed by atoms with van der Waals surface area (Å²) in [5.74, 6) is 0.483. The Labute approximate surface area is 194 Å². The molecule has 176 valence electrons. The van der Waals surface area contributed by atoms with Crippen molar-refractivity contribution in [3.63, 3.8) is 0 Å². The SMILES string of the molecule is COC(=O)c1ccccc1NC(=O)O[C@H]1CO[C@@H]2[C@@H]1OC[C@@H]2Nc1nccc(-c2ccco2)n1. The number of nitrogens with zero attached hydrogens (tertiary/aromatic N) is 2. The summed E-state index contributed by atoms with van der Waals surface area (Å²) in [5, 5.41) is 5.82. The lowest BCUT2D eigenvalue weighted by molar-refractivity contribution is 0.00916. The summed E-state index contributed by atoms with van der Waals surface area (Å²) in [6, 6.07) is 11.6. The highest BCUT2D eigenvalue weighted by Crippen LogP contribution is 2.31. The van der Waals surface area contributed by atoms with E-state index in [0.717, 1.165) is 0 Å². The van der Waals surface area contributed by atoms with Gasteiger partial charge < -0.3 is 28.7 Å². The number of furan rings is 1. The predicted octanol–water partition coefficient (Wildman–Crippen LogP) is 2.72. The third-order valence-electron chi connectivity index (χ3n) is 5.58. The van der Waals surface area contributed by atoms with Gasteiger partial charge in [0.05, 0.1) is 43.9 Å². The maximum atomic E-state index is 12.5. The highest BCUT2D eigenvalue weighted by molar-refractivity contribution is 5.99. The largest absolute Gasteiger partial charge is 0.465 e. The number of carbonyl (C=O) groups excluding carboxylic acids is 2. The van der Waals surface area contributed by atoms with Crippen LogP contribution in [0.1, 0.15) is 10.4 Å². The Bertz CT molecular complexity index is 1170. The molecule has 2 N–H and O–H groups in total. The van der Waals surface area contributed by atoms with Crippen LogP contribution in [0.4, 0.5) is 16.4 Å². The van der Waals surface area contributed by atoms with Crippen molar-refractivity contribution >= 4 is 23.7 Å². The number of hydrogen-bond donors (Lipinski definition) is 2. The van der Waals surface area contributed by atoms with Crippen molar-refractivity contribution in [2.24, 2.45) is 0 Å². The molecule has 2 aliphatic rings. The van der Waals surface area contributed by atoms with Crippen LogP contribution >= 0.6 is 0 Å². The molecule has 1 aromatic carbocycles. The fourth-order valence-electron chi connectivity index (χ4n) is 4.00. The quantitative estimate of drug-likeness (QED) is 0.522. The lowest BCUT2D eigenvalue weighted by Gasteiger charge is -2.18. The Kier molecular flexibility index (Phi) is 6.11. The van der Waals surface area contributed by atoms with Gasteiger partial charge in [-0.15, -0.1) is 0 Å². The topological polar surface area (TPSA) is 134 Å². The van der Waals surface area contributed by atoms with Crippen molar-refractivity contribution in [2.75, 3.05) is 31.0 Å². The number of nitrogens with one attached hydrogen (secondary N) is 2. The number of esters is 1. The van der Waals surface area contributed by atoms with Gasteiger partial charge in [0.2, 0.25) is 5.95 Å². The van der Waals surface area contributed by atoms with Gasteiger partial charge in [0.25, 0.3) is 0 Å². The Hall–Kier alpha value is -3.96. The van der Waals surface area contributed by atoms with E-state index in [9.17, 15) is 9.59 Å². The Morgan fingerprint density at radius 3 is 2.74 bits per heavy atom. The van der Waals surface area contributed by atoms with Crippen LogP contribution in [0.2, 0.25) is 0 Å². The van der Waals surface area contributed by atoms with Crippen LogP contribution in [0.5, 0.6) is 0 Å². The predicted molar refractivity (Wildman–Crippen MR) is 118 cm³/mol. The lowest BCUT2D eigenvalue weighted by Crippen LogP contribution is -2.38. The van der Waals surface area contributed by atoms with Crippen molar-refractivity contribution in [2.45, 2.75) is 24.4 Å². The summed E-state index contributed by atoms with van der Waals surface area (Å²) in [4.78, 5) is 33.1. The number of methoxy groups -OCH3 is 1. The fourth-order valence-corrected chi connectivity index (χ4v) is 4.00. The summed E-state index contributed by atoms with van der Waals surface area (Å²) in [5.41, 5.74) is 1.16. The number of hydrogen-bond acceptors (Lipinski definition) is 10.